The lowest BCUT2D eigenvalue weighted by molar-refractivity contribution is 0.0437. The number of benzene rings is 2. The first kappa shape index (κ1) is 18.9. The van der Waals surface area contributed by atoms with Gasteiger partial charge in [0.2, 0.25) is 12.2 Å². The zero-order valence-corrected chi connectivity index (χ0v) is 16.5. The third-order valence-corrected chi connectivity index (χ3v) is 5.70. The lowest BCUT2D eigenvalue weighted by Gasteiger charge is -2.15. The summed E-state index contributed by atoms with van der Waals surface area (Å²) in [7, 11) is -3.84. The fourth-order valence-electron chi connectivity index (χ4n) is 3.09. The molecule has 0 saturated heterocycles. The summed E-state index contributed by atoms with van der Waals surface area (Å²) >= 11 is 0. The van der Waals surface area contributed by atoms with Gasteiger partial charge in [0.25, 0.3) is 10.0 Å². The van der Waals surface area contributed by atoms with Crippen LogP contribution in [-0.4, -0.2) is 24.4 Å². The Balaban J connectivity index is 1.51. The van der Waals surface area contributed by atoms with E-state index in [1.165, 1.54) is 12.1 Å². The van der Waals surface area contributed by atoms with E-state index in [2.05, 4.69) is 20.0 Å². The van der Waals surface area contributed by atoms with E-state index < -0.39 is 22.2 Å². The van der Waals surface area contributed by atoms with Crippen LogP contribution < -0.4 is 10.0 Å². The number of esters is 1. The average Bonchev–Trinajstić information content (AvgIpc) is 2.97. The number of nitrogens with one attached hydrogen (secondary N) is 2. The molecule has 1 aliphatic rings. The minimum atomic E-state index is -3.84. The molecular weight excluding hydrogens is 392 g/mol. The van der Waals surface area contributed by atoms with Crippen LogP contribution in [0.25, 0.3) is 0 Å². The largest absolute Gasteiger partial charge is 0.434 e. The number of rotatable bonds is 5. The lowest BCUT2D eigenvalue weighted by atomic mass is 10.1. The molecule has 0 radical (unpaired) electrons. The van der Waals surface area contributed by atoms with Crippen LogP contribution in [0.1, 0.15) is 33.5 Å². The zero-order chi connectivity index (χ0) is 20.6. The third-order valence-electron chi connectivity index (χ3n) is 4.36. The quantitative estimate of drug-likeness (QED) is 0.622. The van der Waals surface area contributed by atoms with Crippen LogP contribution in [-0.2, 0) is 14.8 Å². The molecule has 2 N–H and O–H groups in total. The predicted octanol–water partition coefficient (Wildman–Crippen LogP) is 3.18. The number of aryl methyl sites for hydroxylation is 2. The third kappa shape index (κ3) is 3.90. The van der Waals surface area contributed by atoms with Crippen LogP contribution in [0.3, 0.4) is 0 Å². The number of hydrogen-bond acceptors (Lipinski definition) is 7. The minimum Gasteiger partial charge on any atom is -0.434 e. The molecule has 148 valence electrons. The van der Waals surface area contributed by atoms with E-state index in [4.69, 9.17) is 4.74 Å². The Morgan fingerprint density at radius 3 is 2.31 bits per heavy atom. The minimum absolute atomic E-state index is 0.0270. The van der Waals surface area contributed by atoms with Crippen LogP contribution in [0.2, 0.25) is 0 Å². The summed E-state index contributed by atoms with van der Waals surface area (Å²) in [6, 6.07) is 15.0. The molecule has 9 heteroatoms. The highest BCUT2D eigenvalue weighted by Crippen LogP contribution is 2.31. The fraction of sp³-hybridized carbons (Fsp3) is 0.150. The standard InChI is InChI=1S/C20H18N4O4S/c1-12-11-13(2)22-20(21-12)24-29(26,27)15-9-7-14(8-10-15)23-18-16-5-3-4-6-17(16)19(25)28-18/h3-11,18,23H,1-2H3,(H,21,22,24). The highest BCUT2D eigenvalue weighted by molar-refractivity contribution is 7.92. The van der Waals surface area contributed by atoms with Crippen molar-refractivity contribution in [2.24, 2.45) is 0 Å². The number of anilines is 2. The Labute approximate surface area is 168 Å². The fourth-order valence-corrected chi connectivity index (χ4v) is 4.03. The number of nitrogens with zero attached hydrogens (tertiary/aromatic N) is 2. The van der Waals surface area contributed by atoms with Crippen molar-refractivity contribution in [1.82, 2.24) is 9.97 Å². The molecule has 1 aromatic heterocycles. The lowest BCUT2D eigenvalue weighted by Crippen LogP contribution is -2.16. The zero-order valence-electron chi connectivity index (χ0n) is 15.7. The summed E-state index contributed by atoms with van der Waals surface area (Å²) in [6.07, 6.45) is -0.622. The van der Waals surface area contributed by atoms with Crippen molar-refractivity contribution in [3.05, 3.63) is 77.1 Å². The summed E-state index contributed by atoms with van der Waals surface area (Å²) in [6.45, 7) is 3.53. The second-order valence-corrected chi connectivity index (χ2v) is 8.30. The molecule has 0 amide bonds. The van der Waals surface area contributed by atoms with E-state index in [1.54, 1.807) is 44.2 Å². The maximum atomic E-state index is 12.6. The first-order valence-electron chi connectivity index (χ1n) is 8.83. The van der Waals surface area contributed by atoms with Gasteiger partial charge in [-0.25, -0.2) is 27.9 Å². The van der Waals surface area contributed by atoms with Crippen molar-refractivity contribution in [2.45, 2.75) is 25.0 Å². The molecule has 29 heavy (non-hydrogen) atoms. The second kappa shape index (κ2) is 7.17. The highest BCUT2D eigenvalue weighted by Gasteiger charge is 2.30. The van der Waals surface area contributed by atoms with Gasteiger partial charge in [0.1, 0.15) is 0 Å². The monoisotopic (exact) mass is 410 g/mol. The number of carbonyl (C=O) groups is 1. The Kier molecular flexibility index (Phi) is 4.67. The van der Waals surface area contributed by atoms with Gasteiger partial charge in [-0.3, -0.25) is 0 Å². The van der Waals surface area contributed by atoms with Gasteiger partial charge in [-0.15, -0.1) is 0 Å². The molecule has 0 spiro atoms. The molecule has 2 aromatic carbocycles. The number of aromatic nitrogens is 2. The van der Waals surface area contributed by atoms with Crippen molar-refractivity contribution in [2.75, 3.05) is 10.0 Å². The van der Waals surface area contributed by atoms with Crippen molar-refractivity contribution in [3.63, 3.8) is 0 Å². The second-order valence-electron chi connectivity index (χ2n) is 6.62. The molecule has 0 aliphatic carbocycles. The summed E-state index contributed by atoms with van der Waals surface area (Å²) < 4.78 is 32.9. The van der Waals surface area contributed by atoms with Crippen molar-refractivity contribution < 1.29 is 17.9 Å². The molecule has 0 saturated carbocycles. The van der Waals surface area contributed by atoms with Crippen molar-refractivity contribution in [3.8, 4) is 0 Å². The maximum Gasteiger partial charge on any atom is 0.340 e. The van der Waals surface area contributed by atoms with E-state index in [1.807, 2.05) is 12.1 Å². The number of fused-ring (bicyclic) bond motifs is 1. The highest BCUT2D eigenvalue weighted by atomic mass is 32.2. The first-order chi connectivity index (χ1) is 13.8. The Hall–Kier alpha value is -3.46. The molecule has 1 aliphatic heterocycles. The molecule has 1 unspecified atom stereocenters. The first-order valence-corrected chi connectivity index (χ1v) is 10.3. The Bertz CT molecular complexity index is 1170. The Morgan fingerprint density at radius 1 is 0.966 bits per heavy atom. The maximum absolute atomic E-state index is 12.6. The molecule has 4 rings (SSSR count). The molecule has 2 heterocycles. The van der Waals surface area contributed by atoms with Crippen LogP contribution in [0.15, 0.2) is 59.5 Å². The molecule has 0 fully saturated rings. The normalized spacial score (nSPS) is 15.5. The van der Waals surface area contributed by atoms with Gasteiger partial charge in [-0.1, -0.05) is 18.2 Å². The number of ether oxygens (including phenoxy) is 1. The van der Waals surface area contributed by atoms with E-state index in [0.29, 0.717) is 22.6 Å². The smallest absolute Gasteiger partial charge is 0.340 e. The summed E-state index contributed by atoms with van der Waals surface area (Å²) in [4.78, 5) is 20.2. The molecule has 3 aromatic rings. The molecule has 8 nitrogen and oxygen atoms in total. The van der Waals surface area contributed by atoms with Gasteiger partial charge in [0.15, 0.2) is 0 Å². The van der Waals surface area contributed by atoms with E-state index in [0.717, 1.165) is 5.56 Å². The summed E-state index contributed by atoms with van der Waals surface area (Å²) in [5, 5.41) is 3.09. The summed E-state index contributed by atoms with van der Waals surface area (Å²) in [5.41, 5.74) is 3.20. The van der Waals surface area contributed by atoms with Gasteiger partial charge in [0.05, 0.1) is 10.5 Å². The number of sulfonamides is 1. The molecule has 1 atom stereocenters. The SMILES string of the molecule is Cc1cc(C)nc(NS(=O)(=O)c2ccc(NC3OC(=O)c4ccccc43)cc2)n1. The van der Waals surface area contributed by atoms with Gasteiger partial charge in [-0.05, 0) is 50.2 Å². The number of hydrogen-bond donors (Lipinski definition) is 2. The van der Waals surface area contributed by atoms with Crippen LogP contribution in [0.5, 0.6) is 0 Å². The van der Waals surface area contributed by atoms with Crippen LogP contribution in [0.4, 0.5) is 11.6 Å². The van der Waals surface area contributed by atoms with Gasteiger partial charge < -0.3 is 10.1 Å². The average molecular weight is 410 g/mol. The van der Waals surface area contributed by atoms with Gasteiger partial charge >= 0.3 is 5.97 Å². The van der Waals surface area contributed by atoms with Crippen molar-refractivity contribution in [1.29, 1.82) is 0 Å². The summed E-state index contributed by atoms with van der Waals surface area (Å²) in [5.74, 6) is -0.367. The van der Waals surface area contributed by atoms with E-state index >= 15 is 0 Å². The van der Waals surface area contributed by atoms with E-state index in [-0.39, 0.29) is 10.8 Å². The Morgan fingerprint density at radius 2 is 1.62 bits per heavy atom. The van der Waals surface area contributed by atoms with E-state index in [9.17, 15) is 13.2 Å². The van der Waals surface area contributed by atoms with Gasteiger partial charge in [-0.2, -0.15) is 0 Å². The van der Waals surface area contributed by atoms with Gasteiger partial charge in [0, 0.05) is 22.6 Å². The van der Waals surface area contributed by atoms with Crippen LogP contribution >= 0.6 is 0 Å². The number of carbonyl (C=O) groups excluding carboxylic acids is 1. The molecular formula is C20H18N4O4S. The topological polar surface area (TPSA) is 110 Å². The van der Waals surface area contributed by atoms with Crippen LogP contribution in [0, 0.1) is 13.8 Å². The van der Waals surface area contributed by atoms with Crippen molar-refractivity contribution >= 4 is 27.6 Å². The molecule has 0 bridgehead atoms. The number of cyclic esters (lactones) is 1. The predicted molar refractivity (Wildman–Crippen MR) is 107 cm³/mol.